The van der Waals surface area contributed by atoms with E-state index < -0.39 is 5.97 Å². The lowest BCUT2D eigenvalue weighted by molar-refractivity contribution is -0.131. The van der Waals surface area contributed by atoms with Crippen LogP contribution in [0.25, 0.3) is 33.5 Å². The van der Waals surface area contributed by atoms with Gasteiger partial charge in [-0.1, -0.05) is 41.9 Å². The Morgan fingerprint density at radius 2 is 1.88 bits per heavy atom. The van der Waals surface area contributed by atoms with Crippen LogP contribution in [-0.2, 0) is 4.79 Å². The molecular formula is C25H16ClN3O4. The van der Waals surface area contributed by atoms with Crippen molar-refractivity contribution in [3.63, 3.8) is 0 Å². The van der Waals surface area contributed by atoms with Crippen LogP contribution in [0.5, 0.6) is 5.75 Å². The Morgan fingerprint density at radius 3 is 2.70 bits per heavy atom. The predicted molar refractivity (Wildman–Crippen MR) is 127 cm³/mol. The molecule has 7 nitrogen and oxygen atoms in total. The molecule has 0 radical (unpaired) electrons. The van der Waals surface area contributed by atoms with Crippen LogP contribution in [-0.4, -0.2) is 21.8 Å². The summed E-state index contributed by atoms with van der Waals surface area (Å²) in [6, 6.07) is 21.1. The number of halogens is 1. The van der Waals surface area contributed by atoms with E-state index in [1.807, 2.05) is 36.4 Å². The molecular weight excluding hydrogens is 442 g/mol. The highest BCUT2D eigenvalue weighted by atomic mass is 35.5. The summed E-state index contributed by atoms with van der Waals surface area (Å²) in [6.07, 6.45) is 1.40. The molecule has 0 aliphatic heterocycles. The van der Waals surface area contributed by atoms with Crippen LogP contribution < -0.4 is 10.3 Å². The van der Waals surface area contributed by atoms with E-state index in [1.54, 1.807) is 36.4 Å². The minimum atomic E-state index is -0.487. The van der Waals surface area contributed by atoms with Crippen LogP contribution in [0.15, 0.2) is 87.1 Å². The molecule has 33 heavy (non-hydrogen) atoms. The third-order valence-electron chi connectivity index (χ3n) is 4.94. The first kappa shape index (κ1) is 20.7. The van der Waals surface area contributed by atoms with Crippen LogP contribution in [0.4, 0.5) is 0 Å². The summed E-state index contributed by atoms with van der Waals surface area (Å²) in [5.41, 5.74) is 1.24. The molecule has 0 saturated heterocycles. The van der Waals surface area contributed by atoms with Crippen LogP contribution in [0.3, 0.4) is 0 Å². The predicted octanol–water partition coefficient (Wildman–Crippen LogP) is 5.27. The Morgan fingerprint density at radius 1 is 1.09 bits per heavy atom. The number of ether oxygens (including phenoxy) is 1. The number of nitrogens with zero attached hydrogens (tertiary/aromatic N) is 3. The second-order valence-electron chi connectivity index (χ2n) is 7.24. The lowest BCUT2D eigenvalue weighted by Crippen LogP contribution is -2.20. The van der Waals surface area contributed by atoms with Crippen molar-refractivity contribution in [2.75, 3.05) is 0 Å². The number of carbonyl (C=O) groups excluding carboxylic acids is 1. The number of aromatic nitrogens is 2. The van der Waals surface area contributed by atoms with E-state index in [4.69, 9.17) is 20.8 Å². The van der Waals surface area contributed by atoms with Gasteiger partial charge in [0.1, 0.15) is 11.3 Å². The van der Waals surface area contributed by atoms with Gasteiger partial charge in [0.05, 0.1) is 17.1 Å². The number of furan rings is 1. The standard InChI is InChI=1S/C25H16ClN3O4/c1-15(30)32-22-11-10-18(26)12-17(22)14-27-29-24(23-13-16-6-2-5-9-21(16)33-23)28-20-8-4-3-7-19(20)25(29)31/h2-14H,1H3. The number of rotatable bonds is 4. The SMILES string of the molecule is CC(=O)Oc1ccc(Cl)cc1C=Nn1c(-c2cc3ccccc3o2)nc2ccccc2c1=O. The minimum Gasteiger partial charge on any atom is -0.453 e. The summed E-state index contributed by atoms with van der Waals surface area (Å²) in [5, 5.41) is 6.09. The summed E-state index contributed by atoms with van der Waals surface area (Å²) in [7, 11) is 0. The van der Waals surface area contributed by atoms with Crippen molar-refractivity contribution in [3.05, 3.63) is 93.7 Å². The minimum absolute atomic E-state index is 0.238. The quantitative estimate of drug-likeness (QED) is 0.208. The van der Waals surface area contributed by atoms with Crippen molar-refractivity contribution < 1.29 is 13.9 Å². The fraction of sp³-hybridized carbons (Fsp3) is 0.0400. The highest BCUT2D eigenvalue weighted by Gasteiger charge is 2.16. The molecule has 5 aromatic rings. The van der Waals surface area contributed by atoms with Crippen molar-refractivity contribution in [3.8, 4) is 17.3 Å². The van der Waals surface area contributed by atoms with Gasteiger partial charge < -0.3 is 9.15 Å². The summed E-state index contributed by atoms with van der Waals surface area (Å²) in [4.78, 5) is 29.5. The molecule has 8 heteroatoms. The number of hydrogen-bond acceptors (Lipinski definition) is 6. The second kappa shape index (κ2) is 8.37. The van der Waals surface area contributed by atoms with Crippen molar-refractivity contribution in [2.45, 2.75) is 6.92 Å². The molecule has 0 unspecified atom stereocenters. The van der Waals surface area contributed by atoms with Gasteiger partial charge in [0.25, 0.3) is 5.56 Å². The van der Waals surface area contributed by atoms with Gasteiger partial charge in [0.15, 0.2) is 5.76 Å². The van der Waals surface area contributed by atoms with E-state index in [9.17, 15) is 9.59 Å². The highest BCUT2D eigenvalue weighted by Crippen LogP contribution is 2.27. The van der Waals surface area contributed by atoms with Gasteiger partial charge in [0.2, 0.25) is 5.82 Å². The molecule has 5 rings (SSSR count). The van der Waals surface area contributed by atoms with E-state index >= 15 is 0 Å². The fourth-order valence-electron chi connectivity index (χ4n) is 3.47. The maximum atomic E-state index is 13.3. The lowest BCUT2D eigenvalue weighted by Gasteiger charge is -2.08. The van der Waals surface area contributed by atoms with E-state index in [1.165, 1.54) is 17.8 Å². The van der Waals surface area contributed by atoms with Gasteiger partial charge in [-0.2, -0.15) is 9.78 Å². The zero-order chi connectivity index (χ0) is 22.9. The number of carbonyl (C=O) groups is 1. The molecule has 3 aromatic carbocycles. The average Bonchev–Trinajstić information content (AvgIpc) is 3.24. The lowest BCUT2D eigenvalue weighted by atomic mass is 10.2. The Labute approximate surface area is 192 Å². The third kappa shape index (κ3) is 4.02. The van der Waals surface area contributed by atoms with E-state index in [0.29, 0.717) is 32.8 Å². The number of esters is 1. The molecule has 0 saturated carbocycles. The Hall–Kier alpha value is -4.23. The number of fused-ring (bicyclic) bond motifs is 2. The summed E-state index contributed by atoms with van der Waals surface area (Å²) < 4.78 is 12.4. The molecule has 0 fully saturated rings. The number of para-hydroxylation sites is 2. The number of benzene rings is 3. The van der Waals surface area contributed by atoms with Crippen LogP contribution in [0.1, 0.15) is 12.5 Å². The number of hydrogen-bond donors (Lipinski definition) is 0. The van der Waals surface area contributed by atoms with Crippen LogP contribution >= 0.6 is 11.6 Å². The molecule has 0 aliphatic rings. The maximum Gasteiger partial charge on any atom is 0.308 e. The molecule has 0 bridgehead atoms. The van der Waals surface area contributed by atoms with E-state index in [2.05, 4.69) is 10.1 Å². The molecule has 0 N–H and O–H groups in total. The van der Waals surface area contributed by atoms with Crippen molar-refractivity contribution in [1.29, 1.82) is 0 Å². The summed E-state index contributed by atoms with van der Waals surface area (Å²) in [5.74, 6) is 0.409. The smallest absolute Gasteiger partial charge is 0.308 e. The molecule has 2 heterocycles. The zero-order valence-electron chi connectivity index (χ0n) is 17.4. The molecule has 0 spiro atoms. The normalized spacial score (nSPS) is 11.5. The van der Waals surface area contributed by atoms with Crippen molar-refractivity contribution in [2.24, 2.45) is 5.10 Å². The zero-order valence-corrected chi connectivity index (χ0v) is 18.1. The summed E-state index contributed by atoms with van der Waals surface area (Å²) in [6.45, 7) is 1.30. The molecule has 162 valence electrons. The van der Waals surface area contributed by atoms with Crippen LogP contribution in [0.2, 0.25) is 5.02 Å². The summed E-state index contributed by atoms with van der Waals surface area (Å²) >= 11 is 6.12. The first-order valence-corrected chi connectivity index (χ1v) is 10.4. The molecule has 0 amide bonds. The van der Waals surface area contributed by atoms with E-state index in [0.717, 1.165) is 5.39 Å². The Kier molecular flexibility index (Phi) is 5.24. The Balaban J connectivity index is 1.72. The largest absolute Gasteiger partial charge is 0.453 e. The van der Waals surface area contributed by atoms with Crippen molar-refractivity contribution in [1.82, 2.24) is 9.66 Å². The topological polar surface area (TPSA) is 86.7 Å². The third-order valence-corrected chi connectivity index (χ3v) is 5.17. The van der Waals surface area contributed by atoms with E-state index in [-0.39, 0.29) is 17.1 Å². The maximum absolute atomic E-state index is 13.3. The van der Waals surface area contributed by atoms with Gasteiger partial charge in [-0.3, -0.25) is 9.59 Å². The first-order valence-electron chi connectivity index (χ1n) is 10.0. The fourth-order valence-corrected chi connectivity index (χ4v) is 3.65. The molecule has 2 aromatic heterocycles. The van der Waals surface area contributed by atoms with Crippen molar-refractivity contribution >= 4 is 45.7 Å². The second-order valence-corrected chi connectivity index (χ2v) is 7.67. The Bertz CT molecular complexity index is 1580. The molecule has 0 aliphatic carbocycles. The van der Waals surface area contributed by atoms with Gasteiger partial charge in [-0.15, -0.1) is 0 Å². The van der Waals surface area contributed by atoms with Gasteiger partial charge in [0, 0.05) is 22.9 Å². The average molecular weight is 458 g/mol. The first-order chi connectivity index (χ1) is 16.0. The van der Waals surface area contributed by atoms with Gasteiger partial charge in [-0.05, 0) is 42.5 Å². The van der Waals surface area contributed by atoms with Crippen LogP contribution in [0, 0.1) is 0 Å². The molecule has 0 atom stereocenters. The van der Waals surface area contributed by atoms with Gasteiger partial charge in [-0.25, -0.2) is 4.98 Å². The highest BCUT2D eigenvalue weighted by molar-refractivity contribution is 6.31. The monoisotopic (exact) mass is 457 g/mol. The van der Waals surface area contributed by atoms with Gasteiger partial charge >= 0.3 is 5.97 Å².